The molecule has 2 aliphatic heterocycles. The number of amides is 2. The number of quaternary nitrogens is 1. The highest BCUT2D eigenvalue weighted by atomic mass is 19.4. The van der Waals surface area contributed by atoms with E-state index < -0.39 is 11.7 Å². The van der Waals surface area contributed by atoms with E-state index in [1.54, 1.807) is 0 Å². The molecule has 2 heterocycles. The van der Waals surface area contributed by atoms with E-state index in [4.69, 9.17) is 0 Å². The highest BCUT2D eigenvalue weighted by molar-refractivity contribution is 5.96. The van der Waals surface area contributed by atoms with Crippen LogP contribution in [0.4, 0.5) is 24.5 Å². The van der Waals surface area contributed by atoms with E-state index in [1.165, 1.54) is 12.1 Å². The molecule has 3 unspecified atom stereocenters. The van der Waals surface area contributed by atoms with E-state index in [-0.39, 0.29) is 23.9 Å². The Labute approximate surface area is 267 Å². The summed E-state index contributed by atoms with van der Waals surface area (Å²) in [5, 5.41) is 6.16. The third-order valence-corrected chi connectivity index (χ3v) is 9.93. The average molecular weight is 630 g/mol. The molecule has 2 aromatic rings. The molecule has 2 fully saturated rings. The van der Waals surface area contributed by atoms with Crippen LogP contribution in [0.5, 0.6) is 0 Å². The number of benzene rings is 2. The van der Waals surface area contributed by atoms with Crippen molar-refractivity contribution in [3.63, 3.8) is 0 Å². The molecule has 2 saturated heterocycles. The first-order valence-corrected chi connectivity index (χ1v) is 17.0. The maximum absolute atomic E-state index is 13.8. The molecule has 0 aromatic heterocycles. The van der Waals surface area contributed by atoms with Gasteiger partial charge < -0.3 is 15.1 Å². The fraction of sp³-hybridized carbons (Fsp3) is 0.611. The van der Waals surface area contributed by atoms with Gasteiger partial charge in [-0.1, -0.05) is 38.0 Å². The largest absolute Gasteiger partial charge is 0.416 e. The Hall–Kier alpha value is -2.91. The zero-order chi connectivity index (χ0) is 32.5. The summed E-state index contributed by atoms with van der Waals surface area (Å²) in [4.78, 5) is 29.2. The van der Waals surface area contributed by atoms with E-state index >= 15 is 0 Å². The van der Waals surface area contributed by atoms with Gasteiger partial charge in [0.05, 0.1) is 31.2 Å². The highest BCUT2D eigenvalue weighted by Crippen LogP contribution is 2.32. The van der Waals surface area contributed by atoms with E-state index in [1.807, 2.05) is 32.0 Å². The molecule has 0 radical (unpaired) electrons. The fourth-order valence-corrected chi connectivity index (χ4v) is 7.35. The summed E-state index contributed by atoms with van der Waals surface area (Å²) >= 11 is 0. The lowest BCUT2D eigenvalue weighted by Gasteiger charge is -2.47. The first-order valence-electron chi connectivity index (χ1n) is 17.0. The van der Waals surface area contributed by atoms with Gasteiger partial charge in [-0.2, -0.15) is 13.2 Å². The van der Waals surface area contributed by atoms with Gasteiger partial charge in [0.1, 0.15) is 0 Å². The van der Waals surface area contributed by atoms with Gasteiger partial charge in [-0.05, 0) is 114 Å². The molecule has 3 atom stereocenters. The van der Waals surface area contributed by atoms with Crippen LogP contribution >= 0.6 is 0 Å². The van der Waals surface area contributed by atoms with Crippen molar-refractivity contribution >= 4 is 23.2 Å². The number of carbonyl (C=O) groups excluding carboxylic acids is 2. The van der Waals surface area contributed by atoms with Crippen molar-refractivity contribution < 1.29 is 27.2 Å². The number of para-hydroxylation sites is 1. The molecule has 0 aliphatic carbocycles. The second kappa shape index (κ2) is 16.1. The second-order valence-electron chi connectivity index (χ2n) is 13.2. The number of carbonyl (C=O) groups is 2. The van der Waals surface area contributed by atoms with Crippen LogP contribution in [-0.2, 0) is 15.8 Å². The summed E-state index contributed by atoms with van der Waals surface area (Å²) < 4.78 is 39.7. The van der Waals surface area contributed by atoms with Crippen LogP contribution in [0, 0.1) is 13.8 Å². The van der Waals surface area contributed by atoms with Crippen molar-refractivity contribution in [2.24, 2.45) is 0 Å². The first kappa shape index (κ1) is 35.0. The minimum Gasteiger partial charge on any atom is -0.325 e. The fourth-order valence-electron chi connectivity index (χ4n) is 7.35. The lowest BCUT2D eigenvalue weighted by Crippen LogP contribution is -2.63. The van der Waals surface area contributed by atoms with E-state index in [0.717, 1.165) is 137 Å². The molecule has 0 bridgehead atoms. The number of nitrogens with zero attached hydrogens (tertiary/aromatic N) is 2. The Morgan fingerprint density at radius 3 is 2.22 bits per heavy atom. The van der Waals surface area contributed by atoms with Crippen LogP contribution in [0.2, 0.25) is 0 Å². The number of likely N-dealkylation sites (tertiary alicyclic amines) is 2. The molecular formula is C36H52F3N4O2+. The number of piperidine rings is 2. The zero-order valence-electron chi connectivity index (χ0n) is 27.4. The van der Waals surface area contributed by atoms with Gasteiger partial charge in [0.2, 0.25) is 5.91 Å². The lowest BCUT2D eigenvalue weighted by molar-refractivity contribution is -0.947. The van der Waals surface area contributed by atoms with Crippen molar-refractivity contribution in [3.05, 3.63) is 59.2 Å². The average Bonchev–Trinajstić information content (AvgIpc) is 3.02. The standard InChI is InChI=1S/C36H51F3N4O2/c1-4-5-24-43(26-12-8-17-32(43)35(45)41-33-27(2)14-13-15-28(33)3)25-11-6-9-22-42-23-10-7-16-31(42)34(44)40-30-20-18-29(19-21-30)36(37,38)39/h13-15,18-21,31-32H,4-12,16-17,22-26H2,1-3H3,(H-,40,41,44,45)/p+1. The van der Waals surface area contributed by atoms with Gasteiger partial charge in [-0.25, -0.2) is 0 Å². The summed E-state index contributed by atoms with van der Waals surface area (Å²) in [7, 11) is 0. The third-order valence-electron chi connectivity index (χ3n) is 9.93. The molecule has 2 N–H and O–H groups in total. The van der Waals surface area contributed by atoms with Crippen LogP contribution in [-0.4, -0.2) is 66.0 Å². The molecular weight excluding hydrogens is 577 g/mol. The molecule has 0 saturated carbocycles. The van der Waals surface area contributed by atoms with Crippen LogP contribution in [0.3, 0.4) is 0 Å². The molecule has 6 nitrogen and oxygen atoms in total. The number of hydrogen-bond donors (Lipinski definition) is 2. The SMILES string of the molecule is CCCC[N+]1(CCCCCN2CCCCC2C(=O)Nc2ccc(C(F)(F)F)cc2)CCCCC1C(=O)Nc1c(C)cccc1C. The summed E-state index contributed by atoms with van der Waals surface area (Å²) in [6.45, 7) is 11.0. The van der Waals surface area contributed by atoms with Crippen LogP contribution in [0.25, 0.3) is 0 Å². The second-order valence-corrected chi connectivity index (χ2v) is 13.2. The Kier molecular flexibility index (Phi) is 12.5. The lowest BCUT2D eigenvalue weighted by atomic mass is 9.95. The summed E-state index contributed by atoms with van der Waals surface area (Å²) in [5.74, 6) is 0.00279. The number of alkyl halides is 3. The maximum Gasteiger partial charge on any atom is 0.416 e. The molecule has 0 spiro atoms. The number of rotatable bonds is 13. The predicted molar refractivity (Wildman–Crippen MR) is 175 cm³/mol. The molecule has 248 valence electrons. The Morgan fingerprint density at radius 2 is 1.53 bits per heavy atom. The minimum absolute atomic E-state index is 0.0373. The molecule has 4 rings (SSSR count). The van der Waals surface area contributed by atoms with Crippen LogP contribution < -0.4 is 10.6 Å². The highest BCUT2D eigenvalue weighted by Gasteiger charge is 2.43. The predicted octanol–water partition coefficient (Wildman–Crippen LogP) is 8.09. The number of aryl methyl sites for hydroxylation is 2. The van der Waals surface area contributed by atoms with Gasteiger partial charge in [-0.15, -0.1) is 0 Å². The molecule has 2 amide bonds. The Bertz CT molecular complexity index is 1250. The van der Waals surface area contributed by atoms with E-state index in [9.17, 15) is 22.8 Å². The molecule has 45 heavy (non-hydrogen) atoms. The monoisotopic (exact) mass is 629 g/mol. The van der Waals surface area contributed by atoms with Crippen molar-refractivity contribution in [1.29, 1.82) is 0 Å². The smallest absolute Gasteiger partial charge is 0.325 e. The van der Waals surface area contributed by atoms with Crippen LogP contribution in [0.15, 0.2) is 42.5 Å². The number of unbranched alkanes of at least 4 members (excludes halogenated alkanes) is 3. The molecule has 2 aliphatic rings. The van der Waals surface area contributed by atoms with E-state index in [0.29, 0.717) is 5.69 Å². The van der Waals surface area contributed by atoms with Gasteiger partial charge in [-0.3, -0.25) is 14.5 Å². The third kappa shape index (κ3) is 9.32. The minimum atomic E-state index is -4.40. The van der Waals surface area contributed by atoms with Gasteiger partial charge in [0.25, 0.3) is 5.91 Å². The van der Waals surface area contributed by atoms with Crippen molar-refractivity contribution in [2.75, 3.05) is 43.4 Å². The van der Waals surface area contributed by atoms with Crippen molar-refractivity contribution in [2.45, 2.75) is 110 Å². The normalized spacial score (nSPS) is 22.6. The van der Waals surface area contributed by atoms with Crippen molar-refractivity contribution in [3.8, 4) is 0 Å². The Morgan fingerprint density at radius 1 is 0.844 bits per heavy atom. The quantitative estimate of drug-likeness (QED) is 0.174. The zero-order valence-corrected chi connectivity index (χ0v) is 27.4. The van der Waals surface area contributed by atoms with Crippen molar-refractivity contribution in [1.82, 2.24) is 4.90 Å². The number of nitrogens with one attached hydrogen (secondary N) is 2. The number of hydrogen-bond acceptors (Lipinski definition) is 3. The Balaban J connectivity index is 1.32. The first-order chi connectivity index (χ1) is 21.5. The number of anilines is 2. The number of halogens is 3. The molecule has 2 aromatic carbocycles. The van der Waals surface area contributed by atoms with Crippen LogP contribution in [0.1, 0.15) is 94.2 Å². The summed E-state index contributed by atoms with van der Waals surface area (Å²) in [5.41, 5.74) is 2.79. The van der Waals surface area contributed by atoms with Gasteiger partial charge in [0.15, 0.2) is 6.04 Å². The summed E-state index contributed by atoms with van der Waals surface area (Å²) in [6, 6.07) is 10.5. The van der Waals surface area contributed by atoms with Gasteiger partial charge in [0, 0.05) is 17.8 Å². The van der Waals surface area contributed by atoms with E-state index in [2.05, 4.69) is 22.5 Å². The summed E-state index contributed by atoms with van der Waals surface area (Å²) in [6.07, 6.45) is 6.76. The maximum atomic E-state index is 13.8. The topological polar surface area (TPSA) is 61.4 Å². The van der Waals surface area contributed by atoms with Gasteiger partial charge >= 0.3 is 6.18 Å². The molecule has 9 heteroatoms.